The van der Waals surface area contributed by atoms with E-state index in [-0.39, 0.29) is 4.47 Å². The number of ketones is 1. The van der Waals surface area contributed by atoms with E-state index >= 15 is 0 Å². The molecule has 1 rings (SSSR count). The quantitative estimate of drug-likeness (QED) is 0.554. The molecule has 0 saturated heterocycles. The van der Waals surface area contributed by atoms with Gasteiger partial charge >= 0.3 is 18.5 Å². The number of benzene rings is 1. The molecule has 21 heavy (non-hydrogen) atoms. The minimum Gasteiger partial charge on any atom is -0.405 e. The Kier molecular flexibility index (Phi) is 4.56. The van der Waals surface area contributed by atoms with Crippen LogP contribution in [0.4, 0.5) is 35.1 Å². The number of ether oxygens (including phenoxy) is 1. The normalized spacial score (nSPS) is 13.2. The van der Waals surface area contributed by atoms with Crippen molar-refractivity contribution in [1.82, 2.24) is 0 Å². The molecule has 0 heterocycles. The molecule has 0 radical (unpaired) electrons. The Balaban J connectivity index is 3.34. The highest BCUT2D eigenvalue weighted by molar-refractivity contribution is 9.10. The molecule has 1 aromatic carbocycles. The van der Waals surface area contributed by atoms with Crippen LogP contribution < -0.4 is 4.74 Å². The van der Waals surface area contributed by atoms with Gasteiger partial charge in [-0.05, 0) is 18.2 Å². The smallest absolute Gasteiger partial charge is 0.405 e. The van der Waals surface area contributed by atoms with Crippen molar-refractivity contribution in [3.63, 3.8) is 0 Å². The molecule has 0 aliphatic rings. The molecule has 0 fully saturated rings. The summed E-state index contributed by atoms with van der Waals surface area (Å²) in [5, 5.41) is 0. The van der Waals surface area contributed by atoms with Crippen molar-refractivity contribution in [3.8, 4) is 5.75 Å². The van der Waals surface area contributed by atoms with Gasteiger partial charge in [0, 0.05) is 4.47 Å². The van der Waals surface area contributed by atoms with E-state index in [0.717, 1.165) is 6.07 Å². The van der Waals surface area contributed by atoms with Crippen molar-refractivity contribution in [2.45, 2.75) is 18.5 Å². The van der Waals surface area contributed by atoms with Crippen LogP contribution >= 0.6 is 15.9 Å². The molecule has 0 aliphatic carbocycles. The maximum atomic E-state index is 12.9. The lowest BCUT2D eigenvalue weighted by atomic mass is 10.0. The summed E-state index contributed by atoms with van der Waals surface area (Å²) in [7, 11) is 0. The monoisotopic (exact) mass is 386 g/mol. The third-order valence-corrected chi connectivity index (χ3v) is 2.55. The van der Waals surface area contributed by atoms with Crippen LogP contribution in [0.3, 0.4) is 0 Å². The highest BCUT2D eigenvalue weighted by Gasteiger charge is 2.63. The first-order chi connectivity index (χ1) is 9.25. The van der Waals surface area contributed by atoms with Crippen molar-refractivity contribution < 1.29 is 44.7 Å². The molecule has 0 saturated carbocycles. The minimum atomic E-state index is -6.24. The summed E-state index contributed by atoms with van der Waals surface area (Å²) in [5.74, 6) is -10.2. The number of carbonyl (C=O) groups excluding carboxylic acids is 1. The maximum absolute atomic E-state index is 12.9. The van der Waals surface area contributed by atoms with Crippen LogP contribution in [0.1, 0.15) is 10.4 Å². The van der Waals surface area contributed by atoms with Crippen LogP contribution in [0.2, 0.25) is 0 Å². The Morgan fingerprint density at radius 1 is 1.00 bits per heavy atom. The van der Waals surface area contributed by atoms with E-state index in [4.69, 9.17) is 0 Å². The minimum absolute atomic E-state index is 0.117. The Morgan fingerprint density at radius 3 is 1.95 bits per heavy atom. The summed E-state index contributed by atoms with van der Waals surface area (Å²) in [6.07, 6.45) is -11.6. The second kappa shape index (κ2) is 5.43. The molecule has 0 amide bonds. The van der Waals surface area contributed by atoms with E-state index in [9.17, 15) is 39.9 Å². The number of hydrogen-bond donors (Lipinski definition) is 0. The fourth-order valence-corrected chi connectivity index (χ4v) is 1.53. The molecule has 0 unspecified atom stereocenters. The molecule has 118 valence electrons. The molecule has 0 aliphatic heterocycles. The number of carbonyl (C=O) groups is 1. The number of hydrogen-bond acceptors (Lipinski definition) is 2. The molecular formula is C10H3BrF8O2. The zero-order valence-corrected chi connectivity index (χ0v) is 11.0. The number of alkyl halides is 8. The van der Waals surface area contributed by atoms with Crippen LogP contribution in [0, 0.1) is 0 Å². The predicted octanol–water partition coefficient (Wildman–Crippen LogP) is 4.73. The van der Waals surface area contributed by atoms with Crippen LogP contribution in [-0.2, 0) is 0 Å². The zero-order chi connectivity index (χ0) is 16.6. The van der Waals surface area contributed by atoms with Crippen LogP contribution in [-0.4, -0.2) is 24.2 Å². The third kappa shape index (κ3) is 4.05. The van der Waals surface area contributed by atoms with Gasteiger partial charge in [0.1, 0.15) is 5.75 Å². The standard InChI is InChI=1S/C10H3BrF8O2/c11-4-1-2-5(6(3-4)21-10(17,18)19)7(20)8(12,13)9(14,15)16/h1-3H. The lowest BCUT2D eigenvalue weighted by Gasteiger charge is -2.20. The first-order valence-corrected chi connectivity index (χ1v) is 5.59. The maximum Gasteiger partial charge on any atom is 0.573 e. The van der Waals surface area contributed by atoms with Gasteiger partial charge in [-0.2, -0.15) is 22.0 Å². The van der Waals surface area contributed by atoms with Crippen LogP contribution in [0.5, 0.6) is 5.75 Å². The van der Waals surface area contributed by atoms with Gasteiger partial charge in [0.2, 0.25) is 5.78 Å². The third-order valence-electron chi connectivity index (χ3n) is 2.06. The van der Waals surface area contributed by atoms with Crippen molar-refractivity contribution in [2.24, 2.45) is 0 Å². The number of halogens is 9. The summed E-state index contributed by atoms with van der Waals surface area (Å²) >= 11 is 2.67. The zero-order valence-electron chi connectivity index (χ0n) is 9.45. The molecule has 1 aromatic rings. The van der Waals surface area contributed by atoms with E-state index in [1.54, 1.807) is 0 Å². The molecule has 0 spiro atoms. The number of Topliss-reactive ketones (excluding diaryl/α,β-unsaturated/α-hetero) is 1. The average molecular weight is 387 g/mol. The Morgan fingerprint density at radius 2 is 1.52 bits per heavy atom. The molecule has 11 heteroatoms. The van der Waals surface area contributed by atoms with Gasteiger partial charge in [-0.1, -0.05) is 15.9 Å². The van der Waals surface area contributed by atoms with Crippen molar-refractivity contribution in [2.75, 3.05) is 0 Å². The molecule has 0 N–H and O–H groups in total. The molecule has 0 aromatic heterocycles. The molecule has 0 bridgehead atoms. The summed E-state index contributed by atoms with van der Waals surface area (Å²) in [6, 6.07) is 1.64. The molecular weight excluding hydrogens is 384 g/mol. The molecule has 0 atom stereocenters. The van der Waals surface area contributed by atoms with E-state index < -0.39 is 35.6 Å². The van der Waals surface area contributed by atoms with Crippen LogP contribution in [0.25, 0.3) is 0 Å². The lowest BCUT2D eigenvalue weighted by Crippen LogP contribution is -2.44. The second-order valence-corrected chi connectivity index (χ2v) is 4.51. The Bertz CT molecular complexity index is 549. The second-order valence-electron chi connectivity index (χ2n) is 3.59. The SMILES string of the molecule is O=C(c1ccc(Br)cc1OC(F)(F)F)C(F)(F)C(F)(F)F. The van der Waals surface area contributed by atoms with Crippen LogP contribution in [0.15, 0.2) is 22.7 Å². The Hall–Kier alpha value is -1.39. The molecule has 2 nitrogen and oxygen atoms in total. The summed E-state index contributed by atoms with van der Waals surface area (Å²) in [6.45, 7) is 0. The van der Waals surface area contributed by atoms with Gasteiger partial charge < -0.3 is 4.74 Å². The van der Waals surface area contributed by atoms with Gasteiger partial charge in [0.25, 0.3) is 0 Å². The largest absolute Gasteiger partial charge is 0.573 e. The first kappa shape index (κ1) is 17.7. The highest BCUT2D eigenvalue weighted by atomic mass is 79.9. The van der Waals surface area contributed by atoms with Gasteiger partial charge in [-0.3, -0.25) is 4.79 Å². The fourth-order valence-electron chi connectivity index (χ4n) is 1.19. The lowest BCUT2D eigenvalue weighted by molar-refractivity contribution is -0.275. The van der Waals surface area contributed by atoms with Crippen molar-refractivity contribution in [3.05, 3.63) is 28.2 Å². The number of rotatable bonds is 3. The van der Waals surface area contributed by atoms with E-state index in [1.165, 1.54) is 0 Å². The van der Waals surface area contributed by atoms with Gasteiger partial charge in [0.15, 0.2) is 0 Å². The summed E-state index contributed by atoms with van der Waals surface area (Å²) < 4.78 is 101. The fraction of sp³-hybridized carbons (Fsp3) is 0.300. The first-order valence-electron chi connectivity index (χ1n) is 4.80. The Labute approximate surface area is 119 Å². The van der Waals surface area contributed by atoms with Gasteiger partial charge in [0.05, 0.1) is 5.56 Å². The summed E-state index contributed by atoms with van der Waals surface area (Å²) in [4.78, 5) is 11.2. The van der Waals surface area contributed by atoms with Gasteiger partial charge in [-0.15, -0.1) is 13.2 Å². The van der Waals surface area contributed by atoms with Crippen molar-refractivity contribution in [1.29, 1.82) is 0 Å². The van der Waals surface area contributed by atoms with E-state index in [2.05, 4.69) is 20.7 Å². The van der Waals surface area contributed by atoms with E-state index in [1.807, 2.05) is 0 Å². The summed E-state index contributed by atoms with van der Waals surface area (Å²) in [5.41, 5.74) is -1.54. The highest BCUT2D eigenvalue weighted by Crippen LogP contribution is 2.40. The topological polar surface area (TPSA) is 26.3 Å². The van der Waals surface area contributed by atoms with Crippen molar-refractivity contribution >= 4 is 21.7 Å². The van der Waals surface area contributed by atoms with E-state index in [0.29, 0.717) is 12.1 Å². The predicted molar refractivity (Wildman–Crippen MR) is 56.2 cm³/mol. The average Bonchev–Trinajstić information content (AvgIpc) is 2.24. The van der Waals surface area contributed by atoms with Gasteiger partial charge in [-0.25, -0.2) is 0 Å².